The topological polar surface area (TPSA) is 97.4 Å². The van der Waals surface area contributed by atoms with Crippen LogP contribution in [0.4, 0.5) is 0 Å². The SMILES string of the molecule is O=C(COC(=O)c1cccnc1SCC(=O)NC1CC1)NC1CC1. The van der Waals surface area contributed by atoms with Crippen molar-refractivity contribution in [2.24, 2.45) is 0 Å². The average Bonchev–Trinajstić information content (AvgIpc) is 3.48. The fourth-order valence-corrected chi connectivity index (χ4v) is 2.79. The number of carbonyl (C=O) groups is 3. The summed E-state index contributed by atoms with van der Waals surface area (Å²) in [6, 6.07) is 3.73. The van der Waals surface area contributed by atoms with Gasteiger partial charge in [-0.15, -0.1) is 0 Å². The van der Waals surface area contributed by atoms with E-state index in [1.54, 1.807) is 18.3 Å². The molecule has 0 radical (unpaired) electrons. The Labute approximate surface area is 143 Å². The summed E-state index contributed by atoms with van der Waals surface area (Å²) >= 11 is 1.18. The Bertz CT molecular complexity index is 644. The van der Waals surface area contributed by atoms with Gasteiger partial charge in [-0.1, -0.05) is 11.8 Å². The van der Waals surface area contributed by atoms with E-state index in [-0.39, 0.29) is 35.8 Å². The third kappa shape index (κ3) is 5.23. The molecule has 2 fully saturated rings. The number of nitrogens with zero attached hydrogens (tertiary/aromatic N) is 1. The summed E-state index contributed by atoms with van der Waals surface area (Å²) in [6.45, 7) is -0.309. The van der Waals surface area contributed by atoms with Crippen molar-refractivity contribution in [2.75, 3.05) is 12.4 Å². The van der Waals surface area contributed by atoms with Gasteiger partial charge in [0.2, 0.25) is 5.91 Å². The molecule has 2 aliphatic rings. The van der Waals surface area contributed by atoms with Gasteiger partial charge in [-0.05, 0) is 37.8 Å². The number of hydrogen-bond donors (Lipinski definition) is 2. The lowest BCUT2D eigenvalue weighted by molar-refractivity contribution is -0.124. The highest BCUT2D eigenvalue weighted by Gasteiger charge is 2.25. The van der Waals surface area contributed by atoms with Crippen LogP contribution in [0.5, 0.6) is 0 Å². The van der Waals surface area contributed by atoms with E-state index in [4.69, 9.17) is 4.74 Å². The highest BCUT2D eigenvalue weighted by atomic mass is 32.2. The minimum atomic E-state index is -0.612. The van der Waals surface area contributed by atoms with E-state index in [2.05, 4.69) is 15.6 Å². The van der Waals surface area contributed by atoms with Crippen LogP contribution in [-0.4, -0.2) is 47.2 Å². The molecule has 0 spiro atoms. The molecule has 0 atom stereocenters. The largest absolute Gasteiger partial charge is 0.452 e. The van der Waals surface area contributed by atoms with Gasteiger partial charge in [0.25, 0.3) is 5.91 Å². The number of hydrogen-bond acceptors (Lipinski definition) is 6. The van der Waals surface area contributed by atoms with E-state index in [0.717, 1.165) is 25.7 Å². The predicted octanol–water partition coefficient (Wildman–Crippen LogP) is 0.888. The fraction of sp³-hybridized carbons (Fsp3) is 0.500. The minimum absolute atomic E-state index is 0.0729. The molecule has 2 N–H and O–H groups in total. The fourth-order valence-electron chi connectivity index (χ4n) is 2.00. The predicted molar refractivity (Wildman–Crippen MR) is 87.6 cm³/mol. The van der Waals surface area contributed by atoms with Gasteiger partial charge in [0.1, 0.15) is 5.03 Å². The molecule has 1 aromatic rings. The molecule has 0 saturated heterocycles. The number of nitrogens with one attached hydrogen (secondary N) is 2. The third-order valence-electron chi connectivity index (χ3n) is 3.55. The van der Waals surface area contributed by atoms with Crippen LogP contribution in [0, 0.1) is 0 Å². The van der Waals surface area contributed by atoms with Gasteiger partial charge < -0.3 is 15.4 Å². The van der Waals surface area contributed by atoms with Crippen molar-refractivity contribution in [3.63, 3.8) is 0 Å². The van der Waals surface area contributed by atoms with Crippen LogP contribution in [0.2, 0.25) is 0 Å². The molecule has 8 heteroatoms. The standard InChI is InChI=1S/C16H19N3O4S/c20-13(18-10-3-4-10)8-23-16(22)12-2-1-7-17-15(12)24-9-14(21)19-11-5-6-11/h1-2,7,10-11H,3-6,8-9H2,(H,18,20)(H,19,21). The molecule has 1 aromatic heterocycles. The Morgan fingerprint density at radius 3 is 2.46 bits per heavy atom. The van der Waals surface area contributed by atoms with Crippen molar-refractivity contribution >= 4 is 29.5 Å². The molecule has 0 bridgehead atoms. The van der Waals surface area contributed by atoms with Crippen molar-refractivity contribution in [1.82, 2.24) is 15.6 Å². The summed E-state index contributed by atoms with van der Waals surface area (Å²) in [5, 5.41) is 6.06. The van der Waals surface area contributed by atoms with Crippen LogP contribution in [0.15, 0.2) is 23.4 Å². The van der Waals surface area contributed by atoms with Gasteiger partial charge in [0, 0.05) is 18.3 Å². The van der Waals surface area contributed by atoms with Gasteiger partial charge in [-0.3, -0.25) is 9.59 Å². The molecule has 0 aliphatic heterocycles. The van der Waals surface area contributed by atoms with Crippen molar-refractivity contribution in [1.29, 1.82) is 0 Å². The zero-order valence-corrected chi connectivity index (χ0v) is 13.9. The average molecular weight is 349 g/mol. The lowest BCUT2D eigenvalue weighted by Crippen LogP contribution is -2.30. The van der Waals surface area contributed by atoms with Gasteiger partial charge in [0.15, 0.2) is 6.61 Å². The number of aromatic nitrogens is 1. The molecule has 2 amide bonds. The zero-order chi connectivity index (χ0) is 16.9. The number of rotatable bonds is 8. The smallest absolute Gasteiger partial charge is 0.341 e. The number of pyridine rings is 1. The number of carbonyl (C=O) groups excluding carboxylic acids is 3. The zero-order valence-electron chi connectivity index (χ0n) is 13.1. The maximum absolute atomic E-state index is 12.1. The minimum Gasteiger partial charge on any atom is -0.452 e. The first-order valence-corrected chi connectivity index (χ1v) is 8.94. The number of ether oxygens (including phenoxy) is 1. The number of esters is 1. The maximum Gasteiger partial charge on any atom is 0.341 e. The van der Waals surface area contributed by atoms with Crippen molar-refractivity contribution in [2.45, 2.75) is 42.8 Å². The van der Waals surface area contributed by atoms with Crippen LogP contribution in [0.25, 0.3) is 0 Å². The van der Waals surface area contributed by atoms with E-state index in [0.29, 0.717) is 11.1 Å². The Balaban J connectivity index is 1.50. The monoisotopic (exact) mass is 349 g/mol. The van der Waals surface area contributed by atoms with Crippen molar-refractivity contribution in [3.8, 4) is 0 Å². The third-order valence-corrected chi connectivity index (χ3v) is 4.56. The van der Waals surface area contributed by atoms with Gasteiger partial charge in [0.05, 0.1) is 11.3 Å². The molecule has 2 saturated carbocycles. The molecule has 3 rings (SSSR count). The van der Waals surface area contributed by atoms with Crippen LogP contribution in [-0.2, 0) is 14.3 Å². The molecular formula is C16H19N3O4S. The van der Waals surface area contributed by atoms with E-state index in [1.165, 1.54) is 11.8 Å². The second-order valence-electron chi connectivity index (χ2n) is 5.90. The summed E-state index contributed by atoms with van der Waals surface area (Å²) in [5.41, 5.74) is 0.265. The normalized spacial score (nSPS) is 16.3. The van der Waals surface area contributed by atoms with Crippen LogP contribution in [0.1, 0.15) is 36.0 Å². The van der Waals surface area contributed by atoms with Crippen molar-refractivity contribution in [3.05, 3.63) is 23.9 Å². The Morgan fingerprint density at radius 1 is 1.12 bits per heavy atom. The summed E-state index contributed by atoms with van der Waals surface area (Å²) in [4.78, 5) is 39.6. The molecule has 128 valence electrons. The lowest BCUT2D eigenvalue weighted by Gasteiger charge is -2.09. The maximum atomic E-state index is 12.1. The van der Waals surface area contributed by atoms with Crippen LogP contribution in [0.3, 0.4) is 0 Å². The lowest BCUT2D eigenvalue weighted by atomic mass is 10.3. The van der Waals surface area contributed by atoms with Crippen molar-refractivity contribution < 1.29 is 19.1 Å². The molecule has 24 heavy (non-hydrogen) atoms. The van der Waals surface area contributed by atoms with E-state index in [1.807, 2.05) is 0 Å². The summed E-state index contributed by atoms with van der Waals surface area (Å²) in [7, 11) is 0. The van der Waals surface area contributed by atoms with Gasteiger partial charge in [-0.2, -0.15) is 0 Å². The Morgan fingerprint density at radius 2 is 1.79 bits per heavy atom. The second-order valence-corrected chi connectivity index (χ2v) is 6.87. The quantitative estimate of drug-likeness (QED) is 0.534. The van der Waals surface area contributed by atoms with Gasteiger partial charge >= 0.3 is 5.97 Å². The second kappa shape index (κ2) is 7.65. The molecule has 1 heterocycles. The van der Waals surface area contributed by atoms with E-state index < -0.39 is 5.97 Å². The van der Waals surface area contributed by atoms with Gasteiger partial charge in [-0.25, -0.2) is 9.78 Å². The molecule has 0 aromatic carbocycles. The Kier molecular flexibility index (Phi) is 5.34. The first-order chi connectivity index (χ1) is 11.6. The molecule has 7 nitrogen and oxygen atoms in total. The van der Waals surface area contributed by atoms with Crippen LogP contribution >= 0.6 is 11.8 Å². The first-order valence-electron chi connectivity index (χ1n) is 7.95. The molecule has 2 aliphatic carbocycles. The molecular weight excluding hydrogens is 330 g/mol. The Hall–Kier alpha value is -2.09. The van der Waals surface area contributed by atoms with E-state index >= 15 is 0 Å². The summed E-state index contributed by atoms with van der Waals surface area (Å²) in [5.74, 6) is -0.793. The summed E-state index contributed by atoms with van der Waals surface area (Å²) in [6.07, 6.45) is 5.57. The van der Waals surface area contributed by atoms with Crippen LogP contribution < -0.4 is 10.6 Å². The summed E-state index contributed by atoms with van der Waals surface area (Å²) < 4.78 is 5.04. The number of amides is 2. The van der Waals surface area contributed by atoms with E-state index in [9.17, 15) is 14.4 Å². The number of thioether (sulfide) groups is 1. The first kappa shape index (κ1) is 16.8. The highest BCUT2D eigenvalue weighted by Crippen LogP contribution is 2.22. The highest BCUT2D eigenvalue weighted by molar-refractivity contribution is 8.00. The molecule has 0 unspecified atom stereocenters.